The molecule has 1 aromatic carbocycles. The zero-order chi connectivity index (χ0) is 21.8. The summed E-state index contributed by atoms with van der Waals surface area (Å²) in [6.07, 6.45) is 4.02. The average Bonchev–Trinajstić information content (AvgIpc) is 2.67. The minimum absolute atomic E-state index is 0.0868. The highest BCUT2D eigenvalue weighted by atomic mass is 19.1. The number of hydrogen-bond acceptors (Lipinski definition) is 3. The van der Waals surface area contributed by atoms with Crippen molar-refractivity contribution in [2.45, 2.75) is 61.5 Å². The summed E-state index contributed by atoms with van der Waals surface area (Å²) in [7, 11) is 0. The molecule has 0 spiro atoms. The smallest absolute Gasteiger partial charge is 0.136 e. The van der Waals surface area contributed by atoms with E-state index in [4.69, 9.17) is 11.1 Å². The molecule has 0 amide bonds. The molecule has 0 saturated heterocycles. The Morgan fingerprint density at radius 3 is 2.14 bits per heavy atom. The van der Waals surface area contributed by atoms with Gasteiger partial charge < -0.3 is 10.8 Å². The first-order valence-corrected chi connectivity index (χ1v) is 9.52. The number of aliphatic hydroxyl groups is 1. The van der Waals surface area contributed by atoms with E-state index in [1.54, 1.807) is 19.9 Å². The zero-order valence-electron chi connectivity index (χ0n) is 18.2. The molecule has 28 heavy (non-hydrogen) atoms. The lowest BCUT2D eigenvalue weighted by Crippen LogP contribution is -2.18. The quantitative estimate of drug-likeness (QED) is 0.415. The molecule has 0 radical (unpaired) electrons. The minimum atomic E-state index is -0.445. The first-order chi connectivity index (χ1) is 13.1. The number of halogens is 1. The van der Waals surface area contributed by atoms with Gasteiger partial charge in [-0.3, -0.25) is 5.41 Å². The molecule has 0 aliphatic heterocycles. The van der Waals surface area contributed by atoms with Crippen LogP contribution in [0.5, 0.6) is 0 Å². The first-order valence-electron chi connectivity index (χ1n) is 9.52. The van der Waals surface area contributed by atoms with Gasteiger partial charge in [0.2, 0.25) is 0 Å². The number of allylic oxidation sites excluding steroid dienone is 6. The Morgan fingerprint density at radius 2 is 1.75 bits per heavy atom. The van der Waals surface area contributed by atoms with Gasteiger partial charge in [0, 0.05) is 16.8 Å². The van der Waals surface area contributed by atoms with Crippen LogP contribution in [0.4, 0.5) is 4.39 Å². The van der Waals surface area contributed by atoms with E-state index < -0.39 is 5.82 Å². The Labute approximate surface area is 168 Å². The Morgan fingerprint density at radius 1 is 1.18 bits per heavy atom. The van der Waals surface area contributed by atoms with Gasteiger partial charge in [-0.05, 0) is 81.4 Å². The highest BCUT2D eigenvalue weighted by Gasteiger charge is 2.25. The molecule has 4 N–H and O–H groups in total. The predicted molar refractivity (Wildman–Crippen MR) is 118 cm³/mol. The van der Waals surface area contributed by atoms with E-state index in [9.17, 15) is 5.11 Å². The predicted octanol–water partition coefficient (Wildman–Crippen LogP) is 5.73. The van der Waals surface area contributed by atoms with E-state index in [0.717, 1.165) is 16.7 Å². The molecule has 1 aromatic rings. The van der Waals surface area contributed by atoms with E-state index in [1.807, 2.05) is 40.7 Å². The number of nitrogens with one attached hydrogen (secondary N) is 1. The van der Waals surface area contributed by atoms with Gasteiger partial charge in [-0.15, -0.1) is 0 Å². The van der Waals surface area contributed by atoms with Crippen LogP contribution >= 0.6 is 0 Å². The maximum absolute atomic E-state index is 15.5. The molecule has 4 heteroatoms. The van der Waals surface area contributed by atoms with Crippen molar-refractivity contribution in [1.82, 2.24) is 0 Å². The van der Waals surface area contributed by atoms with Gasteiger partial charge in [-0.2, -0.15) is 0 Å². The summed E-state index contributed by atoms with van der Waals surface area (Å²) in [5.74, 6) is -0.445. The van der Waals surface area contributed by atoms with Gasteiger partial charge >= 0.3 is 0 Å². The fourth-order valence-corrected chi connectivity index (χ4v) is 3.48. The van der Waals surface area contributed by atoms with Crippen LogP contribution in [0.3, 0.4) is 0 Å². The average molecular weight is 385 g/mol. The summed E-state index contributed by atoms with van der Waals surface area (Å²) in [6.45, 7) is 16.5. The van der Waals surface area contributed by atoms with Crippen LogP contribution < -0.4 is 5.73 Å². The molecule has 0 bridgehead atoms. The van der Waals surface area contributed by atoms with Crippen LogP contribution in [0.2, 0.25) is 0 Å². The second kappa shape index (κ2) is 9.65. The van der Waals surface area contributed by atoms with Gasteiger partial charge in [0.1, 0.15) is 5.82 Å². The van der Waals surface area contributed by atoms with Crippen molar-refractivity contribution in [3.63, 3.8) is 0 Å². The molecule has 1 rings (SSSR count). The fourth-order valence-electron chi connectivity index (χ4n) is 3.48. The molecule has 152 valence electrons. The highest BCUT2D eigenvalue weighted by Crippen LogP contribution is 2.33. The van der Waals surface area contributed by atoms with Gasteiger partial charge in [0.15, 0.2) is 0 Å². The SMILES string of the molecule is C=Cc1c(C)c(F)c(C(=N)C(=C(C)\C(C)=C/C)/C(C)=C(\C)N)c(CC)c1CO. The van der Waals surface area contributed by atoms with Crippen LogP contribution in [0, 0.1) is 18.2 Å². The van der Waals surface area contributed by atoms with Gasteiger partial charge in [-0.1, -0.05) is 31.2 Å². The van der Waals surface area contributed by atoms with E-state index in [-0.39, 0.29) is 17.9 Å². The summed E-state index contributed by atoms with van der Waals surface area (Å²) in [4.78, 5) is 0. The molecular weight excluding hydrogens is 351 g/mol. The Hall–Kier alpha value is -2.46. The van der Waals surface area contributed by atoms with E-state index >= 15 is 4.39 Å². The zero-order valence-corrected chi connectivity index (χ0v) is 18.2. The normalized spacial score (nSPS) is 13.8. The molecule has 0 unspecified atom stereocenters. The second-order valence-electron chi connectivity index (χ2n) is 7.06. The molecule has 0 atom stereocenters. The molecule has 0 aromatic heterocycles. The molecule has 0 aliphatic carbocycles. The molecule has 0 fully saturated rings. The van der Waals surface area contributed by atoms with Crippen LogP contribution in [0.25, 0.3) is 6.08 Å². The third-order valence-electron chi connectivity index (χ3n) is 5.53. The number of rotatable bonds is 7. The van der Waals surface area contributed by atoms with Crippen molar-refractivity contribution < 1.29 is 9.50 Å². The monoisotopic (exact) mass is 384 g/mol. The van der Waals surface area contributed by atoms with Crippen molar-refractivity contribution in [3.8, 4) is 0 Å². The molecule has 0 aliphatic rings. The Bertz CT molecular complexity index is 898. The van der Waals surface area contributed by atoms with Crippen molar-refractivity contribution in [2.75, 3.05) is 0 Å². The minimum Gasteiger partial charge on any atom is -0.402 e. The Kier molecular flexibility index (Phi) is 8.13. The maximum atomic E-state index is 15.5. The molecule has 3 nitrogen and oxygen atoms in total. The van der Waals surface area contributed by atoms with Crippen molar-refractivity contribution in [1.29, 1.82) is 5.41 Å². The van der Waals surface area contributed by atoms with Crippen molar-refractivity contribution in [2.24, 2.45) is 5.73 Å². The summed E-state index contributed by atoms with van der Waals surface area (Å²) in [5, 5.41) is 18.9. The first kappa shape index (κ1) is 23.6. The third-order valence-corrected chi connectivity index (χ3v) is 5.53. The fraction of sp³-hybridized carbons (Fsp3) is 0.375. The van der Waals surface area contributed by atoms with Crippen LogP contribution in [-0.4, -0.2) is 10.8 Å². The molecular formula is C24H33FN2O. The highest BCUT2D eigenvalue weighted by molar-refractivity contribution is 6.15. The van der Waals surface area contributed by atoms with Crippen LogP contribution in [0.15, 0.2) is 40.6 Å². The van der Waals surface area contributed by atoms with Crippen LogP contribution in [0.1, 0.15) is 69.4 Å². The third kappa shape index (κ3) is 4.17. The number of nitrogens with two attached hydrogens (primary N) is 1. The Balaban J connectivity index is 4.07. The second-order valence-corrected chi connectivity index (χ2v) is 7.06. The summed E-state index contributed by atoms with van der Waals surface area (Å²) >= 11 is 0. The number of aliphatic hydroxyl groups excluding tert-OH is 1. The largest absolute Gasteiger partial charge is 0.402 e. The molecule has 0 saturated carbocycles. The molecule has 0 heterocycles. The van der Waals surface area contributed by atoms with Gasteiger partial charge in [0.05, 0.1) is 12.3 Å². The lowest BCUT2D eigenvalue weighted by atomic mass is 9.83. The lowest BCUT2D eigenvalue weighted by Gasteiger charge is -2.23. The van der Waals surface area contributed by atoms with Crippen molar-refractivity contribution >= 4 is 11.8 Å². The van der Waals surface area contributed by atoms with Gasteiger partial charge in [0.25, 0.3) is 0 Å². The topological polar surface area (TPSA) is 70.1 Å². The summed E-state index contributed by atoms with van der Waals surface area (Å²) < 4.78 is 15.5. The lowest BCUT2D eigenvalue weighted by molar-refractivity contribution is 0.280. The summed E-state index contributed by atoms with van der Waals surface area (Å²) in [5.41, 5.74) is 12.5. The van der Waals surface area contributed by atoms with E-state index in [2.05, 4.69) is 6.58 Å². The van der Waals surface area contributed by atoms with E-state index in [0.29, 0.717) is 39.9 Å². The number of benzene rings is 1. The van der Waals surface area contributed by atoms with Crippen molar-refractivity contribution in [3.05, 3.63) is 74.3 Å². The van der Waals surface area contributed by atoms with Crippen LogP contribution in [-0.2, 0) is 13.0 Å². The number of hydrogen-bond donors (Lipinski definition) is 3. The maximum Gasteiger partial charge on any atom is 0.136 e. The van der Waals surface area contributed by atoms with E-state index in [1.165, 1.54) is 0 Å². The van der Waals surface area contributed by atoms with Gasteiger partial charge in [-0.25, -0.2) is 4.39 Å². The summed E-state index contributed by atoms with van der Waals surface area (Å²) in [6, 6.07) is 0. The standard InChI is InChI=1S/C24H33FN2O/c1-9-13(4)14(5)21(15(6)17(8)26)24(27)22-19(11-3)20(12-28)18(10-2)16(7)23(22)25/h9-10,27-28H,2,11-12,26H2,1,3-8H3/b13-9-,17-15+,21-14-,27-24?.